The van der Waals surface area contributed by atoms with Crippen LogP contribution in [-0.4, -0.2) is 29.1 Å². The van der Waals surface area contributed by atoms with E-state index in [1.807, 2.05) is 39.0 Å². The molecule has 3 N–H and O–H groups in total. The number of benzene rings is 1. The van der Waals surface area contributed by atoms with Crippen LogP contribution in [0.25, 0.3) is 0 Å². The summed E-state index contributed by atoms with van der Waals surface area (Å²) in [6, 6.07) is 4.43. The number of aryl methyl sites for hydroxylation is 1. The first-order valence-corrected chi connectivity index (χ1v) is 7.22. The quantitative estimate of drug-likeness (QED) is 0.721. The van der Waals surface area contributed by atoms with Crippen molar-refractivity contribution in [3.63, 3.8) is 0 Å². The molecule has 0 bridgehead atoms. The van der Waals surface area contributed by atoms with Gasteiger partial charge in [0.2, 0.25) is 5.91 Å². The Kier molecular flexibility index (Phi) is 6.37. The summed E-state index contributed by atoms with van der Waals surface area (Å²) in [6.07, 6.45) is 1.24. The average molecular weight is 292 g/mol. The number of carboxylic acids is 1. The predicted molar refractivity (Wildman–Crippen MR) is 83.5 cm³/mol. The Morgan fingerprint density at radius 2 is 1.95 bits per heavy atom. The van der Waals surface area contributed by atoms with Crippen molar-refractivity contribution < 1.29 is 14.7 Å². The highest BCUT2D eigenvalue weighted by Crippen LogP contribution is 2.18. The van der Waals surface area contributed by atoms with Gasteiger partial charge in [0.15, 0.2) is 0 Å². The van der Waals surface area contributed by atoms with Crippen LogP contribution in [0.2, 0.25) is 0 Å². The predicted octanol–water partition coefficient (Wildman–Crippen LogP) is 2.47. The van der Waals surface area contributed by atoms with Crippen molar-refractivity contribution >= 4 is 17.6 Å². The van der Waals surface area contributed by atoms with Gasteiger partial charge in [0, 0.05) is 5.69 Å². The van der Waals surface area contributed by atoms with E-state index in [1.54, 1.807) is 6.92 Å². The SMILES string of the molecule is CCCC(NC(C)C(=O)Nc1cccc(C)c1C)C(=O)O. The minimum Gasteiger partial charge on any atom is -0.480 e. The van der Waals surface area contributed by atoms with E-state index < -0.39 is 18.1 Å². The summed E-state index contributed by atoms with van der Waals surface area (Å²) in [4.78, 5) is 23.3. The molecule has 0 aliphatic heterocycles. The molecule has 0 heterocycles. The van der Waals surface area contributed by atoms with Gasteiger partial charge < -0.3 is 10.4 Å². The number of nitrogens with one attached hydrogen (secondary N) is 2. The molecule has 0 spiro atoms. The maximum absolute atomic E-state index is 12.2. The molecule has 0 aliphatic rings. The third-order valence-corrected chi connectivity index (χ3v) is 3.58. The van der Waals surface area contributed by atoms with E-state index in [9.17, 15) is 9.59 Å². The highest BCUT2D eigenvalue weighted by molar-refractivity contribution is 5.95. The van der Waals surface area contributed by atoms with Gasteiger partial charge in [-0.1, -0.05) is 25.5 Å². The molecule has 1 rings (SSSR count). The highest BCUT2D eigenvalue weighted by Gasteiger charge is 2.22. The average Bonchev–Trinajstić information content (AvgIpc) is 2.43. The molecule has 5 nitrogen and oxygen atoms in total. The van der Waals surface area contributed by atoms with Gasteiger partial charge >= 0.3 is 5.97 Å². The molecule has 0 saturated heterocycles. The van der Waals surface area contributed by atoms with Crippen molar-refractivity contribution in [3.8, 4) is 0 Å². The molecule has 0 aromatic heterocycles. The van der Waals surface area contributed by atoms with Crippen molar-refractivity contribution in [2.75, 3.05) is 5.32 Å². The molecule has 21 heavy (non-hydrogen) atoms. The second-order valence-electron chi connectivity index (χ2n) is 5.30. The molecule has 5 heteroatoms. The number of hydrogen-bond acceptors (Lipinski definition) is 3. The molecule has 0 fully saturated rings. The maximum Gasteiger partial charge on any atom is 0.320 e. The summed E-state index contributed by atoms with van der Waals surface area (Å²) >= 11 is 0. The van der Waals surface area contributed by atoms with Crippen LogP contribution in [-0.2, 0) is 9.59 Å². The second kappa shape index (κ2) is 7.78. The van der Waals surface area contributed by atoms with Crippen LogP contribution < -0.4 is 10.6 Å². The third-order valence-electron chi connectivity index (χ3n) is 3.58. The van der Waals surface area contributed by atoms with Crippen molar-refractivity contribution in [1.29, 1.82) is 0 Å². The van der Waals surface area contributed by atoms with E-state index in [0.29, 0.717) is 6.42 Å². The monoisotopic (exact) mass is 292 g/mol. The summed E-state index contributed by atoms with van der Waals surface area (Å²) in [7, 11) is 0. The molecular formula is C16H24N2O3. The Labute approximate surface area is 125 Å². The molecule has 116 valence electrons. The summed E-state index contributed by atoms with van der Waals surface area (Å²) in [5.74, 6) is -1.16. The van der Waals surface area contributed by atoms with Crippen LogP contribution in [0, 0.1) is 13.8 Å². The lowest BCUT2D eigenvalue weighted by Crippen LogP contribution is -2.47. The van der Waals surface area contributed by atoms with Gasteiger partial charge in [0.1, 0.15) is 6.04 Å². The van der Waals surface area contributed by atoms with Crippen LogP contribution in [0.15, 0.2) is 18.2 Å². The standard InChI is InChI=1S/C16H24N2O3/c1-5-7-14(16(20)21)17-12(4)15(19)18-13-9-6-8-10(2)11(13)3/h6,8-9,12,14,17H,5,7H2,1-4H3,(H,18,19)(H,20,21). The Bertz CT molecular complexity index is 514. The Hall–Kier alpha value is -1.88. The van der Waals surface area contributed by atoms with Gasteiger partial charge in [-0.2, -0.15) is 0 Å². The molecular weight excluding hydrogens is 268 g/mol. The molecule has 1 aromatic rings. The zero-order valence-corrected chi connectivity index (χ0v) is 13.1. The van der Waals surface area contributed by atoms with Gasteiger partial charge in [-0.25, -0.2) is 0 Å². The van der Waals surface area contributed by atoms with E-state index in [4.69, 9.17) is 5.11 Å². The number of hydrogen-bond donors (Lipinski definition) is 3. The van der Waals surface area contributed by atoms with E-state index in [-0.39, 0.29) is 5.91 Å². The zero-order chi connectivity index (χ0) is 16.0. The molecule has 2 atom stereocenters. The molecule has 2 unspecified atom stereocenters. The fourth-order valence-electron chi connectivity index (χ4n) is 2.07. The van der Waals surface area contributed by atoms with Crippen molar-refractivity contribution in [2.24, 2.45) is 0 Å². The number of rotatable bonds is 7. The normalized spacial score (nSPS) is 13.5. The fourth-order valence-corrected chi connectivity index (χ4v) is 2.07. The number of carboxylic acid groups (broad SMARTS) is 1. The Morgan fingerprint density at radius 1 is 1.29 bits per heavy atom. The minimum absolute atomic E-state index is 0.231. The molecule has 1 aromatic carbocycles. The number of carbonyl (C=O) groups excluding carboxylic acids is 1. The van der Waals surface area contributed by atoms with Gasteiger partial charge in [0.05, 0.1) is 6.04 Å². The number of anilines is 1. The first-order chi connectivity index (χ1) is 9.86. The van der Waals surface area contributed by atoms with Crippen LogP contribution in [0.1, 0.15) is 37.8 Å². The lowest BCUT2D eigenvalue weighted by Gasteiger charge is -2.20. The lowest BCUT2D eigenvalue weighted by atomic mass is 10.1. The Balaban J connectivity index is 2.70. The van der Waals surface area contributed by atoms with Gasteiger partial charge in [-0.15, -0.1) is 0 Å². The zero-order valence-electron chi connectivity index (χ0n) is 13.1. The third kappa shape index (κ3) is 4.86. The maximum atomic E-state index is 12.2. The largest absolute Gasteiger partial charge is 0.480 e. The van der Waals surface area contributed by atoms with Crippen LogP contribution in [0.5, 0.6) is 0 Å². The second-order valence-corrected chi connectivity index (χ2v) is 5.30. The van der Waals surface area contributed by atoms with Crippen LogP contribution >= 0.6 is 0 Å². The lowest BCUT2D eigenvalue weighted by molar-refractivity contribution is -0.140. The van der Waals surface area contributed by atoms with Gasteiger partial charge in [-0.05, 0) is 44.4 Å². The molecule has 0 saturated carbocycles. The summed E-state index contributed by atoms with van der Waals surface area (Å²) < 4.78 is 0. The highest BCUT2D eigenvalue weighted by atomic mass is 16.4. The smallest absolute Gasteiger partial charge is 0.320 e. The molecule has 0 aliphatic carbocycles. The van der Waals surface area contributed by atoms with Crippen molar-refractivity contribution in [2.45, 2.75) is 52.6 Å². The molecule has 0 radical (unpaired) electrons. The first-order valence-electron chi connectivity index (χ1n) is 7.22. The summed E-state index contributed by atoms with van der Waals surface area (Å²) in [5, 5.41) is 14.8. The van der Waals surface area contributed by atoms with Gasteiger partial charge in [0.25, 0.3) is 0 Å². The topological polar surface area (TPSA) is 78.4 Å². The molecule has 1 amide bonds. The van der Waals surface area contributed by atoms with Crippen molar-refractivity contribution in [3.05, 3.63) is 29.3 Å². The summed E-state index contributed by atoms with van der Waals surface area (Å²) in [6.45, 7) is 7.51. The van der Waals surface area contributed by atoms with E-state index in [1.165, 1.54) is 0 Å². The number of carbonyl (C=O) groups is 2. The van der Waals surface area contributed by atoms with E-state index in [0.717, 1.165) is 23.2 Å². The first kappa shape index (κ1) is 17.2. The van der Waals surface area contributed by atoms with Crippen molar-refractivity contribution in [1.82, 2.24) is 5.32 Å². The van der Waals surface area contributed by atoms with Crippen LogP contribution in [0.3, 0.4) is 0 Å². The van der Waals surface area contributed by atoms with Crippen LogP contribution in [0.4, 0.5) is 5.69 Å². The van der Waals surface area contributed by atoms with Gasteiger partial charge in [-0.3, -0.25) is 14.9 Å². The number of aliphatic carboxylic acids is 1. The Morgan fingerprint density at radius 3 is 2.52 bits per heavy atom. The fraction of sp³-hybridized carbons (Fsp3) is 0.500. The number of amides is 1. The summed E-state index contributed by atoms with van der Waals surface area (Å²) in [5.41, 5.74) is 2.88. The van der Waals surface area contributed by atoms with E-state index in [2.05, 4.69) is 10.6 Å². The van der Waals surface area contributed by atoms with E-state index >= 15 is 0 Å². The minimum atomic E-state index is -0.928.